The number of carbonyl (C=O) groups is 1. The summed E-state index contributed by atoms with van der Waals surface area (Å²) in [4.78, 5) is 18.6. The van der Waals surface area contributed by atoms with Crippen LogP contribution in [0.3, 0.4) is 0 Å². The first-order chi connectivity index (χ1) is 19.7. The molecule has 2 aliphatic rings. The fourth-order valence-corrected chi connectivity index (χ4v) is 4.82. The highest BCUT2D eigenvalue weighted by atomic mass is 19.4. The van der Waals surface area contributed by atoms with E-state index in [9.17, 15) is 22.4 Å². The van der Waals surface area contributed by atoms with E-state index < -0.39 is 34.7 Å². The molecule has 0 saturated heterocycles. The first-order valence-electron chi connectivity index (χ1n) is 13.1. The summed E-state index contributed by atoms with van der Waals surface area (Å²) in [6.45, 7) is 4.63. The van der Waals surface area contributed by atoms with E-state index in [0.717, 1.165) is 10.6 Å². The Labute approximate surface area is 237 Å². The minimum Gasteiger partial charge on any atom is -0.375 e. The summed E-state index contributed by atoms with van der Waals surface area (Å²) < 4.78 is 76.8. The van der Waals surface area contributed by atoms with Crippen LogP contribution in [0.5, 0.6) is 0 Å². The van der Waals surface area contributed by atoms with E-state index in [0.29, 0.717) is 16.8 Å². The molecule has 0 bridgehead atoms. The third-order valence-corrected chi connectivity index (χ3v) is 7.42. The lowest BCUT2D eigenvalue weighted by Crippen LogP contribution is -2.51. The maximum Gasteiger partial charge on any atom is 0.411 e. The van der Waals surface area contributed by atoms with Crippen LogP contribution in [-0.4, -0.2) is 46.2 Å². The minimum absolute atomic E-state index is 0.0528. The molecule has 220 valence electrons. The maximum atomic E-state index is 15.3. The van der Waals surface area contributed by atoms with Crippen molar-refractivity contribution in [3.05, 3.63) is 58.7 Å². The largest absolute Gasteiger partial charge is 0.411 e. The van der Waals surface area contributed by atoms with Crippen molar-refractivity contribution in [2.45, 2.75) is 51.9 Å². The van der Waals surface area contributed by atoms with Gasteiger partial charge in [0.25, 0.3) is 0 Å². The molecule has 1 fully saturated rings. The number of halogens is 5. The number of nitrogens with one attached hydrogen (secondary N) is 3. The molecule has 0 radical (unpaired) electrons. The number of aromatic nitrogens is 2. The number of amides is 1. The third kappa shape index (κ3) is 5.00. The second-order valence-corrected chi connectivity index (χ2v) is 10.9. The Bertz CT molecular complexity index is 1750. The zero-order valence-corrected chi connectivity index (χ0v) is 23.0. The predicted octanol–water partition coefficient (Wildman–Crippen LogP) is 4.90. The first-order valence-corrected chi connectivity index (χ1v) is 13.1. The van der Waals surface area contributed by atoms with Crippen LogP contribution >= 0.6 is 0 Å². The summed E-state index contributed by atoms with van der Waals surface area (Å²) in [6, 6.07) is 7.21. The van der Waals surface area contributed by atoms with Crippen molar-refractivity contribution >= 4 is 34.2 Å². The number of rotatable bonds is 3. The van der Waals surface area contributed by atoms with Gasteiger partial charge in [-0.1, -0.05) is 17.9 Å². The molecule has 8 nitrogen and oxygen atoms in total. The minimum atomic E-state index is -4.56. The van der Waals surface area contributed by atoms with Gasteiger partial charge in [-0.25, -0.2) is 8.78 Å². The van der Waals surface area contributed by atoms with Crippen molar-refractivity contribution in [3.8, 4) is 11.8 Å². The Morgan fingerprint density at radius 3 is 2.52 bits per heavy atom. The number of benzene rings is 2. The average Bonchev–Trinajstić information content (AvgIpc) is 3.72. The fourth-order valence-electron chi connectivity index (χ4n) is 4.82. The van der Waals surface area contributed by atoms with Crippen molar-refractivity contribution in [2.75, 3.05) is 18.1 Å². The van der Waals surface area contributed by atoms with Gasteiger partial charge in [-0.05, 0) is 57.9 Å². The fraction of sp³-hybridized carbons (Fsp3) is 0.379. The molecular weight excluding hydrogens is 559 g/mol. The van der Waals surface area contributed by atoms with Crippen LogP contribution in [0, 0.1) is 39.7 Å². The molecule has 1 amide bonds. The van der Waals surface area contributed by atoms with E-state index in [4.69, 9.17) is 15.6 Å². The Kier molecular flexibility index (Phi) is 7.09. The van der Waals surface area contributed by atoms with Crippen molar-refractivity contribution in [3.63, 3.8) is 0 Å². The van der Waals surface area contributed by atoms with Crippen LogP contribution < -0.4 is 15.8 Å². The van der Waals surface area contributed by atoms with Gasteiger partial charge < -0.3 is 15.0 Å². The number of hydrogen-bond donors (Lipinski definition) is 3. The normalized spacial score (nSPS) is 16.2. The summed E-state index contributed by atoms with van der Waals surface area (Å²) in [6.07, 6.45) is -4.92. The maximum absolute atomic E-state index is 15.3. The van der Waals surface area contributed by atoms with Gasteiger partial charge in [-0.3, -0.25) is 20.2 Å². The van der Waals surface area contributed by atoms with E-state index in [1.165, 1.54) is 26.8 Å². The summed E-state index contributed by atoms with van der Waals surface area (Å²) in [5.74, 6) is 2.38. The summed E-state index contributed by atoms with van der Waals surface area (Å²) in [5.41, 5.74) is -2.53. The number of alkyl halides is 3. The van der Waals surface area contributed by atoms with Crippen molar-refractivity contribution in [1.29, 1.82) is 10.8 Å². The van der Waals surface area contributed by atoms with Crippen LogP contribution in [-0.2, 0) is 16.1 Å². The van der Waals surface area contributed by atoms with E-state index >= 15 is 4.39 Å². The molecule has 3 N–H and O–H groups in total. The van der Waals surface area contributed by atoms with Gasteiger partial charge in [0.1, 0.15) is 22.6 Å². The molecule has 0 atom stereocenters. The van der Waals surface area contributed by atoms with Crippen LogP contribution in [0.15, 0.2) is 30.3 Å². The van der Waals surface area contributed by atoms with E-state index in [2.05, 4.69) is 22.1 Å². The summed E-state index contributed by atoms with van der Waals surface area (Å²) in [5, 5.41) is 18.4. The van der Waals surface area contributed by atoms with Crippen LogP contribution in [0.4, 0.5) is 33.5 Å². The van der Waals surface area contributed by atoms with Gasteiger partial charge >= 0.3 is 6.18 Å². The molecule has 42 heavy (non-hydrogen) atoms. The molecule has 5 rings (SSSR count). The smallest absolute Gasteiger partial charge is 0.375 e. The van der Waals surface area contributed by atoms with Crippen molar-refractivity contribution < 1.29 is 31.5 Å². The molecule has 1 aliphatic heterocycles. The molecule has 0 unspecified atom stereocenters. The molecule has 1 saturated carbocycles. The van der Waals surface area contributed by atoms with Gasteiger partial charge in [-0.2, -0.15) is 18.2 Å². The quantitative estimate of drug-likeness (QED) is 0.176. The number of carbonyl (C=O) groups excluding carboxylic acids is 1. The number of hydrogen-bond acceptors (Lipinski definition) is 6. The molecule has 0 spiro atoms. The average molecular weight is 587 g/mol. The molecule has 2 aromatic carbocycles. The predicted molar refractivity (Wildman–Crippen MR) is 144 cm³/mol. The van der Waals surface area contributed by atoms with E-state index in [-0.39, 0.29) is 60.8 Å². The highest BCUT2D eigenvalue weighted by Crippen LogP contribution is 2.49. The van der Waals surface area contributed by atoms with Gasteiger partial charge in [0.15, 0.2) is 11.6 Å². The lowest BCUT2D eigenvalue weighted by Gasteiger charge is -2.26. The summed E-state index contributed by atoms with van der Waals surface area (Å²) >= 11 is 0. The van der Waals surface area contributed by atoms with Crippen molar-refractivity contribution in [1.82, 2.24) is 14.9 Å². The monoisotopic (exact) mass is 586 g/mol. The molecule has 2 heterocycles. The SMILES string of the molecule is CC(=N)n1c(=N)nc(N2CCOCc3c(C#CC(C)(C)C(=O)NC4(C(F)(F)F)CC4)cccc32)c2c(F)c(F)ccc21. The highest BCUT2D eigenvalue weighted by Gasteiger charge is 2.64. The number of anilines is 2. The van der Waals surface area contributed by atoms with E-state index in [1.54, 1.807) is 23.1 Å². The second-order valence-electron chi connectivity index (χ2n) is 10.9. The number of ether oxygens (including phenoxy) is 1. The number of fused-ring (bicyclic) bond motifs is 2. The molecular formula is C29H27F5N6O2. The topological polar surface area (TPSA) is 107 Å². The van der Waals surface area contributed by atoms with Crippen LogP contribution in [0.2, 0.25) is 0 Å². The number of nitrogens with zero attached hydrogens (tertiary/aromatic N) is 3. The Morgan fingerprint density at radius 2 is 1.88 bits per heavy atom. The standard InChI is InChI=1S/C29H27F5N6O2/c1-16(35)40-21-8-7-19(30)23(31)22(21)24(37-26(40)36)39-13-14-42-15-18-17(5-4-6-20(18)39)9-10-27(2,3)25(41)38-28(11-12-28)29(32,33)34/h4-8,35-36H,11-15H2,1-3H3,(H,38,41). The highest BCUT2D eigenvalue weighted by molar-refractivity contribution is 5.98. The van der Waals surface area contributed by atoms with Gasteiger partial charge in [0.2, 0.25) is 11.5 Å². The zero-order valence-electron chi connectivity index (χ0n) is 23.0. The van der Waals surface area contributed by atoms with Crippen LogP contribution in [0.25, 0.3) is 10.9 Å². The van der Waals surface area contributed by atoms with Gasteiger partial charge in [0.05, 0.1) is 24.1 Å². The van der Waals surface area contributed by atoms with E-state index in [1.807, 2.05) is 0 Å². The molecule has 13 heteroatoms. The lowest BCUT2D eigenvalue weighted by molar-refractivity contribution is -0.172. The Balaban J connectivity index is 1.59. The molecule has 3 aromatic rings. The van der Waals surface area contributed by atoms with Gasteiger partial charge in [-0.15, -0.1) is 0 Å². The Hall–Kier alpha value is -4.31. The second kappa shape index (κ2) is 10.2. The third-order valence-electron chi connectivity index (χ3n) is 7.42. The summed E-state index contributed by atoms with van der Waals surface area (Å²) in [7, 11) is 0. The van der Waals surface area contributed by atoms with Crippen molar-refractivity contribution in [2.24, 2.45) is 5.41 Å². The lowest BCUT2D eigenvalue weighted by atomic mass is 9.91. The Morgan fingerprint density at radius 1 is 1.17 bits per heavy atom. The van der Waals surface area contributed by atoms with Crippen LogP contribution in [0.1, 0.15) is 44.7 Å². The molecule has 1 aliphatic carbocycles. The first kappa shape index (κ1) is 29.2. The zero-order chi connectivity index (χ0) is 30.6. The molecule has 1 aromatic heterocycles. The van der Waals surface area contributed by atoms with Gasteiger partial charge in [0, 0.05) is 23.4 Å².